The molecule has 2 amide bonds. The van der Waals surface area contributed by atoms with Gasteiger partial charge in [-0.2, -0.15) is 5.10 Å². The van der Waals surface area contributed by atoms with Crippen LogP contribution in [0.2, 0.25) is 0 Å². The van der Waals surface area contributed by atoms with Gasteiger partial charge >= 0.3 is 0 Å². The maximum atomic E-state index is 12.3. The molecule has 0 bridgehead atoms. The molecule has 0 radical (unpaired) electrons. The van der Waals surface area contributed by atoms with Gasteiger partial charge in [-0.15, -0.1) is 0 Å². The summed E-state index contributed by atoms with van der Waals surface area (Å²) in [6.45, 7) is 3.98. The van der Waals surface area contributed by atoms with Gasteiger partial charge in [0.05, 0.1) is 16.3 Å². The van der Waals surface area contributed by atoms with Crippen molar-refractivity contribution in [3.05, 3.63) is 87.7 Å². The molecule has 1 heterocycles. The molecule has 0 spiro atoms. The molecule has 0 fully saturated rings. The van der Waals surface area contributed by atoms with E-state index < -0.39 is 16.9 Å². The Balaban J connectivity index is 1.46. The lowest BCUT2D eigenvalue weighted by atomic mass is 10.1. The molecule has 0 saturated carbocycles. The van der Waals surface area contributed by atoms with E-state index in [2.05, 4.69) is 15.7 Å². The monoisotopic (exact) mass is 435 g/mol. The molecule has 1 aromatic heterocycles. The zero-order chi connectivity index (χ0) is 23.1. The van der Waals surface area contributed by atoms with Crippen molar-refractivity contribution in [2.24, 2.45) is 0 Å². The lowest BCUT2D eigenvalue weighted by Gasteiger charge is -2.14. The molecule has 32 heavy (non-hydrogen) atoms. The van der Waals surface area contributed by atoms with Crippen LogP contribution in [0, 0.1) is 17.0 Å². The Morgan fingerprint density at radius 2 is 1.91 bits per heavy atom. The van der Waals surface area contributed by atoms with Gasteiger partial charge in [0.1, 0.15) is 6.04 Å². The van der Waals surface area contributed by atoms with E-state index in [4.69, 9.17) is 0 Å². The Hall–Kier alpha value is -4.01. The van der Waals surface area contributed by atoms with Crippen molar-refractivity contribution in [3.63, 3.8) is 0 Å². The van der Waals surface area contributed by atoms with Crippen LogP contribution in [0.3, 0.4) is 0 Å². The van der Waals surface area contributed by atoms with Crippen molar-refractivity contribution in [2.75, 3.05) is 6.54 Å². The summed E-state index contributed by atoms with van der Waals surface area (Å²) in [6, 6.07) is 14.4. The first-order valence-corrected chi connectivity index (χ1v) is 10.3. The minimum Gasteiger partial charge on any atom is -0.354 e. The van der Waals surface area contributed by atoms with E-state index in [0.29, 0.717) is 6.54 Å². The lowest BCUT2D eigenvalue weighted by molar-refractivity contribution is -0.384. The average Bonchev–Trinajstić information content (AvgIpc) is 3.17. The number of aromatic nitrogens is 2. The number of benzene rings is 2. The summed E-state index contributed by atoms with van der Waals surface area (Å²) in [5.74, 6) is -0.860. The molecule has 0 saturated heterocycles. The Morgan fingerprint density at radius 1 is 1.16 bits per heavy atom. The van der Waals surface area contributed by atoms with Crippen LogP contribution >= 0.6 is 0 Å². The topological polar surface area (TPSA) is 119 Å². The van der Waals surface area contributed by atoms with E-state index in [1.807, 2.05) is 48.1 Å². The van der Waals surface area contributed by atoms with Crippen LogP contribution in [0.25, 0.3) is 5.69 Å². The van der Waals surface area contributed by atoms with Gasteiger partial charge in [-0.3, -0.25) is 19.7 Å². The lowest BCUT2D eigenvalue weighted by Crippen LogP contribution is -2.45. The summed E-state index contributed by atoms with van der Waals surface area (Å²) in [5.41, 5.74) is 2.99. The Bertz CT molecular complexity index is 1110. The van der Waals surface area contributed by atoms with E-state index in [0.717, 1.165) is 29.8 Å². The average molecular weight is 435 g/mol. The maximum absolute atomic E-state index is 12.3. The fraction of sp³-hybridized carbons (Fsp3) is 0.261. The van der Waals surface area contributed by atoms with Gasteiger partial charge in [0.25, 0.3) is 11.6 Å². The summed E-state index contributed by atoms with van der Waals surface area (Å²) in [6.07, 6.45) is 3.47. The number of carbonyl (C=O) groups excluding carboxylic acids is 2. The number of hydrogen-bond donors (Lipinski definition) is 2. The van der Waals surface area contributed by atoms with E-state index in [-0.39, 0.29) is 17.2 Å². The third-order valence-corrected chi connectivity index (χ3v) is 5.00. The first-order valence-electron chi connectivity index (χ1n) is 10.3. The highest BCUT2D eigenvalue weighted by molar-refractivity contribution is 5.97. The molecule has 1 unspecified atom stereocenters. The summed E-state index contributed by atoms with van der Waals surface area (Å²) in [7, 11) is 0. The number of nitrogens with one attached hydrogen (secondary N) is 2. The quantitative estimate of drug-likeness (QED) is 0.304. The van der Waals surface area contributed by atoms with Gasteiger partial charge in [0, 0.05) is 30.4 Å². The van der Waals surface area contributed by atoms with Gasteiger partial charge < -0.3 is 10.6 Å². The van der Waals surface area contributed by atoms with Gasteiger partial charge in [0.15, 0.2) is 0 Å². The molecule has 3 rings (SSSR count). The second kappa shape index (κ2) is 10.3. The first-order chi connectivity index (χ1) is 15.3. The highest BCUT2D eigenvalue weighted by Crippen LogP contribution is 2.14. The Kier molecular flexibility index (Phi) is 7.33. The van der Waals surface area contributed by atoms with Crippen LogP contribution in [-0.4, -0.2) is 39.1 Å². The molecule has 9 nitrogen and oxygen atoms in total. The SMILES string of the molecule is Cc1nn(-c2ccccc2)cc1CCCNC(=O)C(C)NC(=O)c1cccc([N+](=O)[O-])c1. The van der Waals surface area contributed by atoms with Crippen LogP contribution in [0.5, 0.6) is 0 Å². The minimum atomic E-state index is -0.774. The number of non-ortho nitro benzene ring substituents is 1. The predicted molar refractivity (Wildman–Crippen MR) is 120 cm³/mol. The largest absolute Gasteiger partial charge is 0.354 e. The van der Waals surface area contributed by atoms with E-state index in [1.165, 1.54) is 24.3 Å². The predicted octanol–water partition coefficient (Wildman–Crippen LogP) is 2.96. The first kappa shape index (κ1) is 22.7. The summed E-state index contributed by atoms with van der Waals surface area (Å²) in [5, 5.41) is 20.8. The van der Waals surface area contributed by atoms with Gasteiger partial charge in [-0.05, 0) is 50.5 Å². The van der Waals surface area contributed by atoms with E-state index in [1.54, 1.807) is 6.92 Å². The van der Waals surface area contributed by atoms with Crippen molar-refractivity contribution in [3.8, 4) is 5.69 Å². The van der Waals surface area contributed by atoms with E-state index >= 15 is 0 Å². The maximum Gasteiger partial charge on any atom is 0.270 e. The third-order valence-electron chi connectivity index (χ3n) is 5.00. The summed E-state index contributed by atoms with van der Waals surface area (Å²) >= 11 is 0. The zero-order valence-electron chi connectivity index (χ0n) is 17.9. The second-order valence-electron chi connectivity index (χ2n) is 7.42. The number of nitrogens with zero attached hydrogens (tertiary/aromatic N) is 3. The molecule has 9 heteroatoms. The molecule has 1 atom stereocenters. The Labute approximate surface area is 185 Å². The standard InChI is InChI=1S/C23H25N5O4/c1-16-19(15-27(26-16)20-10-4-3-5-11-20)9-7-13-24-22(29)17(2)25-23(30)18-8-6-12-21(14-18)28(31)32/h3-6,8,10-12,14-15,17H,7,9,13H2,1-2H3,(H,24,29)(H,25,30). The molecule has 0 aliphatic heterocycles. The number of rotatable bonds is 9. The molecule has 166 valence electrons. The van der Waals surface area contributed by atoms with Crippen LogP contribution in [0.15, 0.2) is 60.8 Å². The van der Waals surface area contributed by atoms with Crippen LogP contribution < -0.4 is 10.6 Å². The normalized spacial score (nSPS) is 11.6. The smallest absolute Gasteiger partial charge is 0.270 e. The molecular formula is C23H25N5O4. The fourth-order valence-corrected chi connectivity index (χ4v) is 3.20. The summed E-state index contributed by atoms with van der Waals surface area (Å²) in [4.78, 5) is 34.9. The number of amides is 2. The molecule has 2 N–H and O–H groups in total. The van der Waals surface area contributed by atoms with Crippen molar-refractivity contribution in [1.29, 1.82) is 0 Å². The highest BCUT2D eigenvalue weighted by Gasteiger charge is 2.18. The zero-order valence-corrected chi connectivity index (χ0v) is 17.9. The molecular weight excluding hydrogens is 410 g/mol. The van der Waals surface area contributed by atoms with Crippen LogP contribution in [0.4, 0.5) is 5.69 Å². The van der Waals surface area contributed by atoms with Crippen LogP contribution in [-0.2, 0) is 11.2 Å². The number of carbonyl (C=O) groups is 2. The summed E-state index contributed by atoms with van der Waals surface area (Å²) < 4.78 is 1.84. The number of aryl methyl sites for hydroxylation is 2. The number of para-hydroxylation sites is 1. The second-order valence-corrected chi connectivity index (χ2v) is 7.42. The number of nitro groups is 1. The van der Waals surface area contributed by atoms with Crippen molar-refractivity contribution in [1.82, 2.24) is 20.4 Å². The van der Waals surface area contributed by atoms with Crippen LogP contribution in [0.1, 0.15) is 35.0 Å². The van der Waals surface area contributed by atoms with Crippen molar-refractivity contribution < 1.29 is 14.5 Å². The molecule has 2 aromatic carbocycles. The van der Waals surface area contributed by atoms with Gasteiger partial charge in [-0.25, -0.2) is 4.68 Å². The number of nitro benzene ring substituents is 1. The van der Waals surface area contributed by atoms with E-state index in [9.17, 15) is 19.7 Å². The Morgan fingerprint density at radius 3 is 2.62 bits per heavy atom. The van der Waals surface area contributed by atoms with Crippen molar-refractivity contribution in [2.45, 2.75) is 32.7 Å². The van der Waals surface area contributed by atoms with Gasteiger partial charge in [0.2, 0.25) is 5.91 Å². The molecule has 0 aliphatic rings. The third kappa shape index (κ3) is 5.78. The molecule has 3 aromatic rings. The van der Waals surface area contributed by atoms with Gasteiger partial charge in [-0.1, -0.05) is 24.3 Å². The van der Waals surface area contributed by atoms with Crippen molar-refractivity contribution >= 4 is 17.5 Å². The number of hydrogen-bond acceptors (Lipinski definition) is 5. The minimum absolute atomic E-state index is 0.129. The fourth-order valence-electron chi connectivity index (χ4n) is 3.20. The molecule has 0 aliphatic carbocycles. The highest BCUT2D eigenvalue weighted by atomic mass is 16.6.